The lowest BCUT2D eigenvalue weighted by Gasteiger charge is -2.11. The molecule has 0 heterocycles. The maximum Gasteiger partial charge on any atom is 0.188 e. The molecule has 0 aliphatic carbocycles. The first-order valence-electron chi connectivity index (χ1n) is 1.60. The van der Waals surface area contributed by atoms with Crippen LogP contribution in [0.4, 0.5) is 4.39 Å². The van der Waals surface area contributed by atoms with Crippen LogP contribution in [0.25, 0.3) is 0 Å². The summed E-state index contributed by atoms with van der Waals surface area (Å²) >= 11 is 10.8. The molecule has 0 N–H and O–H groups in total. The van der Waals surface area contributed by atoms with Crippen molar-refractivity contribution in [3.05, 3.63) is 0 Å². The zero-order valence-electron chi connectivity index (χ0n) is 3.59. The Hall–Kier alpha value is 1.18. The van der Waals surface area contributed by atoms with E-state index in [2.05, 4.69) is 31.9 Å². The Morgan fingerprint density at radius 1 is 1.86 bits per heavy atom. The van der Waals surface area contributed by atoms with E-state index < -0.39 is 8.86 Å². The van der Waals surface area contributed by atoms with Crippen LogP contribution in [-0.2, 0) is 0 Å². The van der Waals surface area contributed by atoms with Gasteiger partial charge in [0.2, 0.25) is 0 Å². The molecule has 0 aromatic heterocycles. The molecule has 44 valence electrons. The summed E-state index contributed by atoms with van der Waals surface area (Å²) in [6, 6.07) is 0. The summed E-state index contributed by atoms with van der Waals surface area (Å²) in [5.41, 5.74) is 0. The lowest BCUT2D eigenvalue weighted by atomic mass is 10.5. The molecule has 0 radical (unpaired) electrons. The lowest BCUT2D eigenvalue weighted by Crippen LogP contribution is -2.15. The van der Waals surface area contributed by atoms with E-state index in [0.717, 1.165) is 0 Å². The number of hydrogen-bond acceptors (Lipinski definition) is 0. The monoisotopic (exact) mass is 252 g/mol. The molecule has 0 amide bonds. The third-order valence-corrected chi connectivity index (χ3v) is 2.99. The van der Waals surface area contributed by atoms with Crippen LogP contribution in [0.15, 0.2) is 0 Å². The summed E-state index contributed by atoms with van der Waals surface area (Å²) in [6.07, 6.45) is 0. The molecule has 0 spiro atoms. The molecule has 0 saturated carbocycles. The molecule has 4 heteroatoms. The Labute approximate surface area is 63.7 Å². The van der Waals surface area contributed by atoms with E-state index in [-0.39, 0.29) is 0 Å². The van der Waals surface area contributed by atoms with Gasteiger partial charge in [0.25, 0.3) is 0 Å². The van der Waals surface area contributed by atoms with Crippen molar-refractivity contribution in [2.45, 2.75) is 15.8 Å². The van der Waals surface area contributed by atoms with Crippen molar-refractivity contribution >= 4 is 43.5 Å². The van der Waals surface area contributed by atoms with Crippen molar-refractivity contribution < 1.29 is 4.39 Å². The summed E-state index contributed by atoms with van der Waals surface area (Å²) in [5.74, 6) is 0. The number of alkyl halides is 4. The van der Waals surface area contributed by atoms with Gasteiger partial charge in [-0.1, -0.05) is 15.9 Å². The third-order valence-electron chi connectivity index (χ3n) is 0.383. The second-order valence-electron chi connectivity index (χ2n) is 1.26. The van der Waals surface area contributed by atoms with Crippen molar-refractivity contribution in [2.24, 2.45) is 0 Å². The SMILES string of the molecule is C[C@@](F)(Br)[C@H](Cl)Br. The highest BCUT2D eigenvalue weighted by atomic mass is 79.9. The number of halogens is 4. The van der Waals surface area contributed by atoms with Crippen LogP contribution in [0.1, 0.15) is 6.92 Å². The van der Waals surface area contributed by atoms with Gasteiger partial charge in [-0.3, -0.25) is 0 Å². The van der Waals surface area contributed by atoms with E-state index >= 15 is 0 Å². The molecule has 0 aromatic rings. The van der Waals surface area contributed by atoms with E-state index in [0.29, 0.717) is 0 Å². The van der Waals surface area contributed by atoms with Gasteiger partial charge in [-0.15, -0.1) is 11.6 Å². The minimum absolute atomic E-state index is 0.667. The highest BCUT2D eigenvalue weighted by Gasteiger charge is 2.26. The summed E-state index contributed by atoms with van der Waals surface area (Å²) in [4.78, 5) is 0. The van der Waals surface area contributed by atoms with Crippen LogP contribution < -0.4 is 0 Å². The molecule has 2 atom stereocenters. The van der Waals surface area contributed by atoms with E-state index in [9.17, 15) is 4.39 Å². The minimum atomic E-state index is -1.51. The maximum absolute atomic E-state index is 12.2. The van der Waals surface area contributed by atoms with Gasteiger partial charge in [-0.25, -0.2) is 4.39 Å². The van der Waals surface area contributed by atoms with Crippen molar-refractivity contribution in [2.75, 3.05) is 0 Å². The van der Waals surface area contributed by atoms with Crippen LogP contribution in [-0.4, -0.2) is 8.86 Å². The minimum Gasteiger partial charge on any atom is -0.229 e. The van der Waals surface area contributed by atoms with Crippen LogP contribution in [0, 0.1) is 0 Å². The van der Waals surface area contributed by atoms with Gasteiger partial charge >= 0.3 is 0 Å². The second-order valence-corrected chi connectivity index (χ2v) is 4.69. The average molecular weight is 254 g/mol. The first kappa shape index (κ1) is 8.18. The third kappa shape index (κ3) is 3.74. The highest BCUT2D eigenvalue weighted by Crippen LogP contribution is 2.31. The molecule has 0 aliphatic rings. The van der Waals surface area contributed by atoms with Gasteiger partial charge in [0, 0.05) is 0 Å². The summed E-state index contributed by atoms with van der Waals surface area (Å²) in [5, 5.41) is 0. The van der Waals surface area contributed by atoms with Gasteiger partial charge in [-0.05, 0) is 22.9 Å². The molecular weight excluding hydrogens is 250 g/mol. The van der Waals surface area contributed by atoms with Gasteiger partial charge < -0.3 is 0 Å². The molecule has 0 aliphatic heterocycles. The molecule has 0 saturated heterocycles. The summed E-state index contributed by atoms with van der Waals surface area (Å²) < 4.78 is 10.1. The Bertz CT molecular complexity index is 58.4. The molecule has 7 heavy (non-hydrogen) atoms. The normalized spacial score (nSPS) is 23.6. The number of rotatable bonds is 1. The molecule has 0 nitrogen and oxygen atoms in total. The van der Waals surface area contributed by atoms with Crippen molar-refractivity contribution in [3.8, 4) is 0 Å². The zero-order chi connectivity index (χ0) is 6.08. The fraction of sp³-hybridized carbons (Fsp3) is 1.00. The first-order valence-corrected chi connectivity index (χ1v) is 3.75. The highest BCUT2D eigenvalue weighted by molar-refractivity contribution is 9.12. The van der Waals surface area contributed by atoms with Gasteiger partial charge in [-0.2, -0.15) is 0 Å². The molecule has 0 bridgehead atoms. The van der Waals surface area contributed by atoms with Crippen molar-refractivity contribution in [1.82, 2.24) is 0 Å². The smallest absolute Gasteiger partial charge is 0.188 e. The predicted molar refractivity (Wildman–Crippen MR) is 37.0 cm³/mol. The predicted octanol–water partition coefficient (Wildman–Crippen LogP) is 3.03. The summed E-state index contributed by atoms with van der Waals surface area (Å²) in [6.45, 7) is 1.33. The van der Waals surface area contributed by atoms with Crippen molar-refractivity contribution in [3.63, 3.8) is 0 Å². The largest absolute Gasteiger partial charge is 0.229 e. The Morgan fingerprint density at radius 3 is 2.00 bits per heavy atom. The second kappa shape index (κ2) is 2.65. The molecule has 0 fully saturated rings. The summed E-state index contributed by atoms with van der Waals surface area (Å²) in [7, 11) is 0. The fourth-order valence-electron chi connectivity index (χ4n) is 0. The van der Waals surface area contributed by atoms with Gasteiger partial charge in [0.05, 0.1) is 0 Å². The quantitative estimate of drug-likeness (QED) is 0.631. The van der Waals surface area contributed by atoms with E-state index in [4.69, 9.17) is 11.6 Å². The average Bonchev–Trinajstić information content (AvgIpc) is 1.31. The molecular formula is C3H4Br2ClF. The number of hydrogen-bond donors (Lipinski definition) is 0. The van der Waals surface area contributed by atoms with E-state index in [1.54, 1.807) is 0 Å². The van der Waals surface area contributed by atoms with Gasteiger partial charge in [0.1, 0.15) is 4.29 Å². The zero-order valence-corrected chi connectivity index (χ0v) is 7.52. The van der Waals surface area contributed by atoms with E-state index in [1.165, 1.54) is 6.92 Å². The van der Waals surface area contributed by atoms with E-state index in [1.807, 2.05) is 0 Å². The standard InChI is InChI=1S/C3H4Br2ClF/c1-3(5,7)2(4)6/h2H,1H3/t2-,3-/m0/s1. The van der Waals surface area contributed by atoms with Crippen LogP contribution >= 0.6 is 43.5 Å². The maximum atomic E-state index is 12.2. The van der Waals surface area contributed by atoms with Crippen LogP contribution in [0.3, 0.4) is 0 Å². The Kier molecular flexibility index (Phi) is 3.09. The van der Waals surface area contributed by atoms with Crippen molar-refractivity contribution in [1.29, 1.82) is 0 Å². The lowest BCUT2D eigenvalue weighted by molar-refractivity contribution is 0.351. The molecule has 0 unspecified atom stereocenters. The van der Waals surface area contributed by atoms with Gasteiger partial charge in [0.15, 0.2) is 4.58 Å². The molecule has 0 rings (SSSR count). The fourth-order valence-corrected chi connectivity index (χ4v) is 0. The Balaban J connectivity index is 3.54. The van der Waals surface area contributed by atoms with Crippen LogP contribution in [0.5, 0.6) is 0 Å². The Morgan fingerprint density at radius 2 is 2.00 bits per heavy atom. The first-order chi connectivity index (χ1) is 2.94. The molecule has 0 aromatic carbocycles. The topological polar surface area (TPSA) is 0 Å². The van der Waals surface area contributed by atoms with Crippen LogP contribution in [0.2, 0.25) is 0 Å².